The van der Waals surface area contributed by atoms with Crippen LogP contribution in [0.1, 0.15) is 24.8 Å². The second-order valence-electron chi connectivity index (χ2n) is 6.12. The molecule has 2 N–H and O–H groups in total. The van der Waals surface area contributed by atoms with Gasteiger partial charge in [0.25, 0.3) is 0 Å². The lowest BCUT2D eigenvalue weighted by atomic mass is 10.1. The second kappa shape index (κ2) is 7.42. The standard InChI is InChI=1S/C17H23N3O4/c1-20(17(22)19-13-4-2-3-7-18-16(13)21)11-12-5-6-14-15(10-12)24-9-8-23-14/h5-6,10,13H,2-4,7-9,11H2,1H3,(H,18,21)(H,19,22). The highest BCUT2D eigenvalue weighted by atomic mass is 16.6. The Balaban J connectivity index is 1.58. The van der Waals surface area contributed by atoms with E-state index >= 15 is 0 Å². The largest absolute Gasteiger partial charge is 0.486 e. The number of carbonyl (C=O) groups is 2. The molecule has 0 bridgehead atoms. The van der Waals surface area contributed by atoms with Gasteiger partial charge in [0, 0.05) is 20.1 Å². The monoisotopic (exact) mass is 333 g/mol. The topological polar surface area (TPSA) is 79.9 Å². The number of nitrogens with zero attached hydrogens (tertiary/aromatic N) is 1. The summed E-state index contributed by atoms with van der Waals surface area (Å²) in [5.74, 6) is 1.33. The van der Waals surface area contributed by atoms with Crippen LogP contribution in [0.5, 0.6) is 11.5 Å². The molecule has 0 aliphatic carbocycles. The maximum absolute atomic E-state index is 12.3. The van der Waals surface area contributed by atoms with Crippen LogP contribution in [0.3, 0.4) is 0 Å². The highest BCUT2D eigenvalue weighted by Gasteiger charge is 2.24. The Morgan fingerprint density at radius 2 is 2.08 bits per heavy atom. The summed E-state index contributed by atoms with van der Waals surface area (Å²) < 4.78 is 11.1. The maximum atomic E-state index is 12.3. The molecule has 1 fully saturated rings. The Labute approximate surface area is 141 Å². The van der Waals surface area contributed by atoms with Crippen LogP contribution in [-0.4, -0.2) is 49.7 Å². The van der Waals surface area contributed by atoms with E-state index in [1.54, 1.807) is 11.9 Å². The van der Waals surface area contributed by atoms with Crippen LogP contribution in [0.4, 0.5) is 4.79 Å². The lowest BCUT2D eigenvalue weighted by Crippen LogP contribution is -2.49. The summed E-state index contributed by atoms with van der Waals surface area (Å²) in [5, 5.41) is 5.63. The minimum Gasteiger partial charge on any atom is -0.486 e. The summed E-state index contributed by atoms with van der Waals surface area (Å²) >= 11 is 0. The van der Waals surface area contributed by atoms with E-state index in [4.69, 9.17) is 9.47 Å². The lowest BCUT2D eigenvalue weighted by molar-refractivity contribution is -0.122. The number of amides is 3. The molecule has 1 saturated heterocycles. The molecule has 7 nitrogen and oxygen atoms in total. The molecule has 1 aromatic carbocycles. The summed E-state index contributed by atoms with van der Waals surface area (Å²) in [6.07, 6.45) is 2.55. The summed E-state index contributed by atoms with van der Waals surface area (Å²) in [4.78, 5) is 25.8. The van der Waals surface area contributed by atoms with Crippen LogP contribution in [0.15, 0.2) is 18.2 Å². The summed E-state index contributed by atoms with van der Waals surface area (Å²) in [6.45, 7) is 2.19. The third-order valence-corrected chi connectivity index (χ3v) is 4.21. The number of urea groups is 1. The number of rotatable bonds is 3. The fourth-order valence-corrected chi connectivity index (χ4v) is 2.87. The number of fused-ring (bicyclic) bond motifs is 1. The summed E-state index contributed by atoms with van der Waals surface area (Å²) in [7, 11) is 1.71. The molecular weight excluding hydrogens is 310 g/mol. The molecule has 1 unspecified atom stereocenters. The van der Waals surface area contributed by atoms with E-state index in [-0.39, 0.29) is 11.9 Å². The molecule has 1 atom stereocenters. The van der Waals surface area contributed by atoms with E-state index in [9.17, 15) is 9.59 Å². The van der Waals surface area contributed by atoms with Crippen LogP contribution >= 0.6 is 0 Å². The van der Waals surface area contributed by atoms with E-state index in [1.807, 2.05) is 18.2 Å². The maximum Gasteiger partial charge on any atom is 0.318 e. The Morgan fingerprint density at radius 3 is 2.92 bits per heavy atom. The normalized spacial score (nSPS) is 19.9. The number of benzene rings is 1. The molecule has 2 heterocycles. The van der Waals surface area contributed by atoms with Gasteiger partial charge in [0.15, 0.2) is 11.5 Å². The van der Waals surface area contributed by atoms with Gasteiger partial charge >= 0.3 is 6.03 Å². The van der Waals surface area contributed by atoms with Gasteiger partial charge in [-0.15, -0.1) is 0 Å². The number of carbonyl (C=O) groups excluding carboxylic acids is 2. The lowest BCUT2D eigenvalue weighted by Gasteiger charge is -2.23. The van der Waals surface area contributed by atoms with Gasteiger partial charge in [-0.3, -0.25) is 4.79 Å². The molecule has 0 aromatic heterocycles. The average molecular weight is 333 g/mol. The van der Waals surface area contributed by atoms with Crippen molar-refractivity contribution in [1.29, 1.82) is 0 Å². The van der Waals surface area contributed by atoms with Crippen LogP contribution in [0.25, 0.3) is 0 Å². The first-order valence-electron chi connectivity index (χ1n) is 8.31. The molecule has 0 saturated carbocycles. The molecule has 0 radical (unpaired) electrons. The van der Waals surface area contributed by atoms with Crippen LogP contribution < -0.4 is 20.1 Å². The Bertz CT molecular complexity index is 620. The van der Waals surface area contributed by atoms with Gasteiger partial charge in [-0.1, -0.05) is 6.07 Å². The number of hydrogen-bond donors (Lipinski definition) is 2. The van der Waals surface area contributed by atoms with Crippen molar-refractivity contribution in [1.82, 2.24) is 15.5 Å². The minimum absolute atomic E-state index is 0.103. The van der Waals surface area contributed by atoms with E-state index < -0.39 is 6.04 Å². The quantitative estimate of drug-likeness (QED) is 0.873. The summed E-state index contributed by atoms with van der Waals surface area (Å²) in [5.41, 5.74) is 0.946. The average Bonchev–Trinajstić information content (AvgIpc) is 2.79. The fraction of sp³-hybridized carbons (Fsp3) is 0.529. The van der Waals surface area contributed by atoms with Crippen molar-refractivity contribution >= 4 is 11.9 Å². The van der Waals surface area contributed by atoms with Crippen molar-refractivity contribution in [3.63, 3.8) is 0 Å². The molecule has 24 heavy (non-hydrogen) atoms. The third kappa shape index (κ3) is 3.90. The van der Waals surface area contributed by atoms with Crippen molar-refractivity contribution in [2.75, 3.05) is 26.8 Å². The number of nitrogens with one attached hydrogen (secondary N) is 2. The van der Waals surface area contributed by atoms with Gasteiger partial charge in [-0.2, -0.15) is 0 Å². The first kappa shape index (κ1) is 16.4. The number of ether oxygens (including phenoxy) is 2. The zero-order valence-electron chi connectivity index (χ0n) is 13.8. The molecule has 2 aliphatic rings. The zero-order chi connectivity index (χ0) is 16.9. The van der Waals surface area contributed by atoms with Crippen molar-refractivity contribution in [3.8, 4) is 11.5 Å². The van der Waals surface area contributed by atoms with Crippen molar-refractivity contribution in [2.45, 2.75) is 31.8 Å². The smallest absolute Gasteiger partial charge is 0.318 e. The second-order valence-corrected chi connectivity index (χ2v) is 6.12. The predicted octanol–water partition coefficient (Wildman–Crippen LogP) is 1.27. The molecule has 2 aliphatic heterocycles. The summed E-state index contributed by atoms with van der Waals surface area (Å²) in [6, 6.07) is 4.94. The van der Waals surface area contributed by atoms with Crippen molar-refractivity contribution in [3.05, 3.63) is 23.8 Å². The Hall–Kier alpha value is -2.44. The molecule has 130 valence electrons. The van der Waals surface area contributed by atoms with Crippen LogP contribution in [0.2, 0.25) is 0 Å². The van der Waals surface area contributed by atoms with E-state index in [1.165, 1.54) is 0 Å². The highest BCUT2D eigenvalue weighted by molar-refractivity contribution is 5.87. The zero-order valence-corrected chi connectivity index (χ0v) is 13.8. The molecule has 3 rings (SSSR count). The van der Waals surface area contributed by atoms with E-state index in [0.29, 0.717) is 38.5 Å². The fourth-order valence-electron chi connectivity index (χ4n) is 2.87. The molecule has 7 heteroatoms. The first-order valence-corrected chi connectivity index (χ1v) is 8.31. The van der Waals surface area contributed by atoms with Gasteiger partial charge in [0.2, 0.25) is 5.91 Å². The Kier molecular flexibility index (Phi) is 5.08. The van der Waals surface area contributed by atoms with Gasteiger partial charge in [0.05, 0.1) is 0 Å². The van der Waals surface area contributed by atoms with Crippen molar-refractivity contribution in [2.24, 2.45) is 0 Å². The van der Waals surface area contributed by atoms with Gasteiger partial charge < -0.3 is 25.0 Å². The van der Waals surface area contributed by atoms with Gasteiger partial charge in [-0.25, -0.2) is 4.79 Å². The predicted molar refractivity (Wildman–Crippen MR) is 88.1 cm³/mol. The molecule has 1 aromatic rings. The molecule has 0 spiro atoms. The minimum atomic E-state index is -0.456. The van der Waals surface area contributed by atoms with Crippen LogP contribution in [0, 0.1) is 0 Å². The van der Waals surface area contributed by atoms with E-state index in [2.05, 4.69) is 10.6 Å². The number of hydrogen-bond acceptors (Lipinski definition) is 4. The van der Waals surface area contributed by atoms with Gasteiger partial charge in [-0.05, 0) is 37.0 Å². The van der Waals surface area contributed by atoms with Crippen LogP contribution in [-0.2, 0) is 11.3 Å². The van der Waals surface area contributed by atoms with Crippen molar-refractivity contribution < 1.29 is 19.1 Å². The Morgan fingerprint density at radius 1 is 1.29 bits per heavy atom. The molecular formula is C17H23N3O4. The first-order chi connectivity index (χ1) is 11.6. The SMILES string of the molecule is CN(Cc1ccc2c(c1)OCCO2)C(=O)NC1CCCCNC1=O. The van der Waals surface area contributed by atoms with E-state index in [0.717, 1.165) is 24.2 Å². The highest BCUT2D eigenvalue weighted by Crippen LogP contribution is 2.31. The molecule has 3 amide bonds. The van der Waals surface area contributed by atoms with Gasteiger partial charge in [0.1, 0.15) is 19.3 Å². The third-order valence-electron chi connectivity index (χ3n) is 4.21.